The second kappa shape index (κ2) is 9.05. The molecule has 10 heteroatoms. The molecule has 3 heterocycles. The first-order chi connectivity index (χ1) is 16.5. The molecule has 0 saturated carbocycles. The van der Waals surface area contributed by atoms with Crippen molar-refractivity contribution in [2.24, 2.45) is 0 Å². The standard InChI is InChI=1S/C24H26N6O4/c1-17(29-15-25-19-7-3-5-9-21(19)29)33-23(31)27-11-13-28(14-12-27)24(32)34-18(2)30-16-26-20-8-4-6-10-22(20)30/h3-10,15-18H,11-14H2,1-2H3/t17-,18-/m1/s1. The summed E-state index contributed by atoms with van der Waals surface area (Å²) in [6.07, 6.45) is 1.48. The molecule has 2 aromatic heterocycles. The van der Waals surface area contributed by atoms with Gasteiger partial charge in [-0.1, -0.05) is 24.3 Å². The van der Waals surface area contributed by atoms with Crippen LogP contribution in [0, 0.1) is 0 Å². The first-order valence-corrected chi connectivity index (χ1v) is 11.3. The Balaban J connectivity index is 1.14. The van der Waals surface area contributed by atoms with Crippen molar-refractivity contribution in [3.8, 4) is 0 Å². The number of hydrogen-bond acceptors (Lipinski definition) is 6. The monoisotopic (exact) mass is 462 g/mol. The first-order valence-electron chi connectivity index (χ1n) is 11.3. The minimum atomic E-state index is -0.506. The molecule has 2 aromatic carbocycles. The lowest BCUT2D eigenvalue weighted by molar-refractivity contribution is 0.0122. The second-order valence-electron chi connectivity index (χ2n) is 8.22. The zero-order valence-corrected chi connectivity index (χ0v) is 19.1. The average molecular weight is 463 g/mol. The fourth-order valence-electron chi connectivity index (χ4n) is 4.16. The number of hydrogen-bond donors (Lipinski definition) is 0. The summed E-state index contributed by atoms with van der Waals surface area (Å²) in [4.78, 5) is 37.3. The molecule has 2 amide bonds. The van der Waals surface area contributed by atoms with Crippen LogP contribution in [0.5, 0.6) is 0 Å². The number of rotatable bonds is 4. The molecule has 5 rings (SSSR count). The first kappa shape index (κ1) is 21.7. The SMILES string of the molecule is C[C@@H](OC(=O)N1CCN(C(=O)O[C@H](C)n2cnc3ccccc32)CC1)n1cnc2ccccc21. The van der Waals surface area contributed by atoms with Gasteiger partial charge in [-0.3, -0.25) is 9.13 Å². The number of amides is 2. The summed E-state index contributed by atoms with van der Waals surface area (Å²) in [6, 6.07) is 15.4. The van der Waals surface area contributed by atoms with Gasteiger partial charge in [0.2, 0.25) is 0 Å². The molecule has 0 unspecified atom stereocenters. The summed E-state index contributed by atoms with van der Waals surface area (Å²) >= 11 is 0. The van der Waals surface area contributed by atoms with Crippen LogP contribution in [-0.4, -0.2) is 67.3 Å². The molecule has 0 bridgehead atoms. The van der Waals surface area contributed by atoms with Crippen molar-refractivity contribution in [1.29, 1.82) is 0 Å². The Labute approximate surface area is 196 Å². The van der Waals surface area contributed by atoms with Crippen molar-refractivity contribution < 1.29 is 19.1 Å². The number of para-hydroxylation sites is 4. The van der Waals surface area contributed by atoms with E-state index in [0.717, 1.165) is 22.1 Å². The van der Waals surface area contributed by atoms with Gasteiger partial charge in [0.1, 0.15) is 0 Å². The third kappa shape index (κ3) is 4.14. The Hall–Kier alpha value is -4.08. The van der Waals surface area contributed by atoms with Gasteiger partial charge in [-0.2, -0.15) is 0 Å². The van der Waals surface area contributed by atoms with Gasteiger partial charge in [-0.05, 0) is 38.1 Å². The lowest BCUT2D eigenvalue weighted by Gasteiger charge is -2.34. The van der Waals surface area contributed by atoms with Crippen molar-refractivity contribution in [2.75, 3.05) is 26.2 Å². The van der Waals surface area contributed by atoms with E-state index >= 15 is 0 Å². The maximum Gasteiger partial charge on any atom is 0.411 e. The van der Waals surface area contributed by atoms with Crippen LogP contribution in [0.4, 0.5) is 9.59 Å². The van der Waals surface area contributed by atoms with Crippen LogP contribution < -0.4 is 0 Å². The Morgan fingerprint density at radius 1 is 0.706 bits per heavy atom. The molecule has 0 N–H and O–H groups in total. The number of piperazine rings is 1. The van der Waals surface area contributed by atoms with Gasteiger partial charge in [0.05, 0.1) is 34.7 Å². The fourth-order valence-corrected chi connectivity index (χ4v) is 4.16. The highest BCUT2D eigenvalue weighted by atomic mass is 16.6. The number of carbonyl (C=O) groups excluding carboxylic acids is 2. The smallest absolute Gasteiger partial charge is 0.411 e. The van der Waals surface area contributed by atoms with Gasteiger partial charge in [0, 0.05) is 26.2 Å². The van der Waals surface area contributed by atoms with Crippen molar-refractivity contribution in [2.45, 2.75) is 26.3 Å². The highest BCUT2D eigenvalue weighted by Gasteiger charge is 2.28. The van der Waals surface area contributed by atoms with Crippen molar-refractivity contribution in [3.05, 3.63) is 61.2 Å². The van der Waals surface area contributed by atoms with Gasteiger partial charge < -0.3 is 19.3 Å². The number of benzene rings is 2. The van der Waals surface area contributed by atoms with Crippen LogP contribution in [0.1, 0.15) is 26.3 Å². The van der Waals surface area contributed by atoms with Crippen LogP contribution >= 0.6 is 0 Å². The number of carbonyl (C=O) groups is 2. The minimum Gasteiger partial charge on any atom is -0.425 e. The van der Waals surface area contributed by atoms with Gasteiger partial charge in [0.25, 0.3) is 0 Å². The molecule has 0 spiro atoms. The number of fused-ring (bicyclic) bond motifs is 2. The van der Waals surface area contributed by atoms with E-state index in [4.69, 9.17) is 9.47 Å². The Bertz CT molecular complexity index is 1220. The van der Waals surface area contributed by atoms with Gasteiger partial charge >= 0.3 is 12.2 Å². The summed E-state index contributed by atoms with van der Waals surface area (Å²) < 4.78 is 15.0. The Kier molecular flexibility index (Phi) is 5.79. The highest BCUT2D eigenvalue weighted by Crippen LogP contribution is 2.21. The average Bonchev–Trinajstić information content (AvgIpc) is 3.48. The van der Waals surface area contributed by atoms with Gasteiger partial charge in [-0.25, -0.2) is 19.6 Å². The molecule has 4 aromatic rings. The second-order valence-corrected chi connectivity index (χ2v) is 8.22. The Morgan fingerprint density at radius 2 is 1.09 bits per heavy atom. The molecule has 1 aliphatic rings. The number of nitrogens with zero attached hydrogens (tertiary/aromatic N) is 6. The van der Waals surface area contributed by atoms with Crippen molar-refractivity contribution in [3.63, 3.8) is 0 Å². The number of aromatic nitrogens is 4. The van der Waals surface area contributed by atoms with Gasteiger partial charge in [-0.15, -0.1) is 0 Å². The molecule has 1 saturated heterocycles. The zero-order valence-electron chi connectivity index (χ0n) is 19.1. The predicted molar refractivity (Wildman–Crippen MR) is 125 cm³/mol. The van der Waals surface area contributed by atoms with E-state index in [0.29, 0.717) is 26.2 Å². The lowest BCUT2D eigenvalue weighted by atomic mass is 10.3. The van der Waals surface area contributed by atoms with E-state index in [1.807, 2.05) is 57.7 Å². The van der Waals surface area contributed by atoms with E-state index in [2.05, 4.69) is 9.97 Å². The zero-order chi connectivity index (χ0) is 23.7. The molecular formula is C24H26N6O4. The normalized spacial score (nSPS) is 15.9. The summed E-state index contributed by atoms with van der Waals surface area (Å²) in [5, 5.41) is 0. The van der Waals surface area contributed by atoms with Crippen LogP contribution in [0.2, 0.25) is 0 Å². The molecule has 0 radical (unpaired) electrons. The summed E-state index contributed by atoms with van der Waals surface area (Å²) in [5.74, 6) is 0. The van der Waals surface area contributed by atoms with E-state index < -0.39 is 24.6 Å². The molecule has 34 heavy (non-hydrogen) atoms. The number of ether oxygens (including phenoxy) is 2. The van der Waals surface area contributed by atoms with Crippen LogP contribution in [0.3, 0.4) is 0 Å². The quantitative estimate of drug-likeness (QED) is 0.455. The largest absolute Gasteiger partial charge is 0.425 e. The predicted octanol–water partition coefficient (Wildman–Crippen LogP) is 4.01. The van der Waals surface area contributed by atoms with E-state index in [1.54, 1.807) is 36.3 Å². The van der Waals surface area contributed by atoms with E-state index in [9.17, 15) is 9.59 Å². The third-order valence-corrected chi connectivity index (χ3v) is 6.08. The van der Waals surface area contributed by atoms with Gasteiger partial charge in [0.15, 0.2) is 12.5 Å². The summed E-state index contributed by atoms with van der Waals surface area (Å²) in [5.41, 5.74) is 3.48. The Morgan fingerprint density at radius 3 is 1.50 bits per heavy atom. The molecule has 176 valence electrons. The molecule has 10 nitrogen and oxygen atoms in total. The van der Waals surface area contributed by atoms with Crippen LogP contribution in [0.25, 0.3) is 22.1 Å². The van der Waals surface area contributed by atoms with Crippen LogP contribution in [-0.2, 0) is 9.47 Å². The summed E-state index contributed by atoms with van der Waals surface area (Å²) in [7, 11) is 0. The topological polar surface area (TPSA) is 94.7 Å². The molecule has 0 aliphatic carbocycles. The molecule has 1 aliphatic heterocycles. The minimum absolute atomic E-state index is 0.369. The lowest BCUT2D eigenvalue weighted by Crippen LogP contribution is -2.51. The third-order valence-electron chi connectivity index (χ3n) is 6.08. The van der Waals surface area contributed by atoms with E-state index in [-0.39, 0.29) is 0 Å². The van der Waals surface area contributed by atoms with Crippen LogP contribution in [0.15, 0.2) is 61.2 Å². The summed E-state index contributed by atoms with van der Waals surface area (Å²) in [6.45, 7) is 5.09. The molecular weight excluding hydrogens is 436 g/mol. The maximum absolute atomic E-state index is 12.7. The maximum atomic E-state index is 12.7. The van der Waals surface area contributed by atoms with Crippen molar-refractivity contribution >= 4 is 34.3 Å². The fraction of sp³-hybridized carbons (Fsp3) is 0.333. The highest BCUT2D eigenvalue weighted by molar-refractivity contribution is 5.76. The van der Waals surface area contributed by atoms with Crippen molar-refractivity contribution in [1.82, 2.24) is 28.9 Å². The van der Waals surface area contributed by atoms with E-state index in [1.165, 1.54) is 0 Å². The number of imidazole rings is 2. The molecule has 2 atom stereocenters. The molecule has 1 fully saturated rings.